The number of aromatic nitrogens is 2. The monoisotopic (exact) mass is 428 g/mol. The zero-order valence-electron chi connectivity index (χ0n) is 15.3. The summed E-state index contributed by atoms with van der Waals surface area (Å²) in [5.74, 6) is -0.0304. The molecule has 11 heteroatoms. The molecule has 1 aromatic heterocycles. The molecule has 5 nitrogen and oxygen atoms in total. The molecule has 0 radical (unpaired) electrons. The number of nitrogens with one attached hydrogen (secondary N) is 2. The average Bonchev–Trinajstić information content (AvgIpc) is 2.66. The lowest BCUT2D eigenvalue weighted by Crippen LogP contribution is -2.17. The van der Waals surface area contributed by atoms with Gasteiger partial charge in [-0.2, -0.15) is 18.2 Å². The topological polar surface area (TPSA) is 59.1 Å². The average molecular weight is 428 g/mol. The van der Waals surface area contributed by atoms with Crippen LogP contribution in [-0.2, 0) is 6.18 Å². The van der Waals surface area contributed by atoms with Crippen LogP contribution in [0.15, 0.2) is 54.6 Å². The number of ether oxygens (including phenoxy) is 1. The number of rotatable bonds is 5. The second-order valence-corrected chi connectivity index (χ2v) is 5.99. The third-order valence-electron chi connectivity index (χ3n) is 3.80. The molecular weight excluding hydrogens is 414 g/mol. The van der Waals surface area contributed by atoms with Gasteiger partial charge < -0.3 is 15.4 Å². The minimum Gasteiger partial charge on any atom is -0.406 e. The highest BCUT2D eigenvalue weighted by Crippen LogP contribution is 2.31. The molecule has 2 aromatic carbocycles. The van der Waals surface area contributed by atoms with Crippen molar-refractivity contribution in [2.45, 2.75) is 12.5 Å². The van der Waals surface area contributed by atoms with E-state index in [9.17, 15) is 26.3 Å². The summed E-state index contributed by atoms with van der Waals surface area (Å²) in [5, 5.41) is 5.57. The Morgan fingerprint density at radius 1 is 0.867 bits per heavy atom. The third kappa shape index (κ3) is 5.52. The fraction of sp³-hybridized carbons (Fsp3) is 0.158. The van der Waals surface area contributed by atoms with Gasteiger partial charge in [0.25, 0.3) is 0 Å². The summed E-state index contributed by atoms with van der Waals surface area (Å²) in [6.07, 6.45) is -9.29. The first-order valence-electron chi connectivity index (χ1n) is 8.41. The number of anilines is 3. The van der Waals surface area contributed by atoms with Crippen LogP contribution in [0.4, 0.5) is 43.8 Å². The quantitative estimate of drug-likeness (QED) is 0.500. The molecule has 2 N–H and O–H groups in total. The maximum atomic E-state index is 12.7. The third-order valence-corrected chi connectivity index (χ3v) is 3.80. The van der Waals surface area contributed by atoms with Crippen LogP contribution in [0.5, 0.6) is 5.75 Å². The van der Waals surface area contributed by atoms with Crippen LogP contribution in [0.1, 0.15) is 5.56 Å². The molecule has 30 heavy (non-hydrogen) atoms. The van der Waals surface area contributed by atoms with Gasteiger partial charge in [-0.3, -0.25) is 0 Å². The lowest BCUT2D eigenvalue weighted by Gasteiger charge is -2.12. The molecular formula is C19H14F6N4O. The van der Waals surface area contributed by atoms with Crippen LogP contribution in [0, 0.1) is 0 Å². The molecule has 0 fully saturated rings. The molecule has 0 aliphatic rings. The standard InChI is InChI=1S/C19H14F6N4O/c1-26-17-28-15(11-3-2-4-14(9-11)30-19(23,24)25)10-16(29-17)27-13-7-5-12(6-8-13)18(20,21)22/h2-10H,1H3,(H2,26,27,28,29). The minimum absolute atomic E-state index is 0.157. The zero-order chi connectivity index (χ0) is 21.9. The molecule has 158 valence electrons. The smallest absolute Gasteiger partial charge is 0.406 e. The van der Waals surface area contributed by atoms with E-state index in [0.29, 0.717) is 11.3 Å². The molecule has 0 spiro atoms. The molecule has 0 atom stereocenters. The largest absolute Gasteiger partial charge is 0.573 e. The number of hydrogen-bond acceptors (Lipinski definition) is 5. The van der Waals surface area contributed by atoms with Crippen molar-refractivity contribution in [3.8, 4) is 17.0 Å². The van der Waals surface area contributed by atoms with Crippen LogP contribution >= 0.6 is 0 Å². The summed E-state index contributed by atoms with van der Waals surface area (Å²) < 4.78 is 79.4. The normalized spacial score (nSPS) is 11.8. The van der Waals surface area contributed by atoms with Gasteiger partial charge in [0.1, 0.15) is 11.6 Å². The first-order valence-corrected chi connectivity index (χ1v) is 8.41. The predicted molar refractivity (Wildman–Crippen MR) is 98.4 cm³/mol. The van der Waals surface area contributed by atoms with Gasteiger partial charge in [-0.15, -0.1) is 13.2 Å². The highest BCUT2D eigenvalue weighted by atomic mass is 19.4. The van der Waals surface area contributed by atoms with Crippen LogP contribution in [-0.4, -0.2) is 23.4 Å². The molecule has 1 heterocycles. The first-order chi connectivity index (χ1) is 14.0. The van der Waals surface area contributed by atoms with E-state index in [4.69, 9.17) is 0 Å². The number of benzene rings is 2. The van der Waals surface area contributed by atoms with Crippen molar-refractivity contribution in [2.75, 3.05) is 17.7 Å². The lowest BCUT2D eigenvalue weighted by molar-refractivity contribution is -0.274. The van der Waals surface area contributed by atoms with E-state index in [1.807, 2.05) is 0 Å². The van der Waals surface area contributed by atoms with Gasteiger partial charge in [0.2, 0.25) is 5.95 Å². The maximum absolute atomic E-state index is 12.7. The highest BCUT2D eigenvalue weighted by Gasteiger charge is 2.31. The highest BCUT2D eigenvalue weighted by molar-refractivity contribution is 5.68. The van der Waals surface area contributed by atoms with Crippen molar-refractivity contribution in [3.05, 3.63) is 60.2 Å². The summed E-state index contributed by atoms with van der Waals surface area (Å²) in [6.45, 7) is 0. The van der Waals surface area contributed by atoms with Crippen molar-refractivity contribution in [2.24, 2.45) is 0 Å². The van der Waals surface area contributed by atoms with Gasteiger partial charge in [0.15, 0.2) is 0 Å². The Bertz CT molecular complexity index is 1020. The number of halogens is 6. The van der Waals surface area contributed by atoms with Crippen LogP contribution in [0.25, 0.3) is 11.3 Å². The maximum Gasteiger partial charge on any atom is 0.573 e. The fourth-order valence-electron chi connectivity index (χ4n) is 2.51. The summed E-state index contributed by atoms with van der Waals surface area (Å²) >= 11 is 0. The van der Waals surface area contributed by atoms with E-state index in [0.717, 1.165) is 24.3 Å². The van der Waals surface area contributed by atoms with Gasteiger partial charge in [-0.1, -0.05) is 12.1 Å². The van der Waals surface area contributed by atoms with Gasteiger partial charge >= 0.3 is 12.5 Å². The molecule has 0 aliphatic carbocycles. The second-order valence-electron chi connectivity index (χ2n) is 5.99. The summed E-state index contributed by atoms with van der Waals surface area (Å²) in [7, 11) is 1.55. The Morgan fingerprint density at radius 3 is 2.17 bits per heavy atom. The van der Waals surface area contributed by atoms with Crippen LogP contribution < -0.4 is 15.4 Å². The molecule has 3 rings (SSSR count). The molecule has 0 unspecified atom stereocenters. The summed E-state index contributed by atoms with van der Waals surface area (Å²) in [5.41, 5.74) is 0.139. The van der Waals surface area contributed by atoms with E-state index in [1.165, 1.54) is 30.3 Å². The number of nitrogens with zero attached hydrogens (tertiary/aromatic N) is 2. The number of alkyl halides is 6. The lowest BCUT2D eigenvalue weighted by atomic mass is 10.1. The molecule has 0 saturated heterocycles. The second kappa shape index (κ2) is 8.09. The van der Waals surface area contributed by atoms with E-state index in [-0.39, 0.29) is 17.5 Å². The Morgan fingerprint density at radius 2 is 1.57 bits per heavy atom. The molecule has 3 aromatic rings. The van der Waals surface area contributed by atoms with Crippen LogP contribution in [0.3, 0.4) is 0 Å². The first kappa shape index (κ1) is 21.2. The van der Waals surface area contributed by atoms with Gasteiger partial charge in [0, 0.05) is 24.4 Å². The predicted octanol–water partition coefficient (Wildman–Crippen LogP) is 5.85. The minimum atomic E-state index is -4.84. The Labute approximate surface area is 166 Å². The zero-order valence-corrected chi connectivity index (χ0v) is 15.3. The van der Waals surface area contributed by atoms with Crippen LogP contribution in [0.2, 0.25) is 0 Å². The Balaban J connectivity index is 1.90. The fourth-order valence-corrected chi connectivity index (χ4v) is 2.51. The van der Waals surface area contributed by atoms with Gasteiger partial charge in [0.05, 0.1) is 11.3 Å². The molecule has 0 amide bonds. The molecule has 0 bridgehead atoms. The van der Waals surface area contributed by atoms with E-state index < -0.39 is 23.9 Å². The number of hydrogen-bond donors (Lipinski definition) is 2. The van der Waals surface area contributed by atoms with Crippen molar-refractivity contribution in [3.63, 3.8) is 0 Å². The van der Waals surface area contributed by atoms with E-state index in [1.54, 1.807) is 7.05 Å². The van der Waals surface area contributed by atoms with Crippen molar-refractivity contribution in [1.29, 1.82) is 0 Å². The van der Waals surface area contributed by atoms with Gasteiger partial charge in [-0.25, -0.2) is 4.98 Å². The summed E-state index contributed by atoms with van der Waals surface area (Å²) in [6, 6.07) is 11.0. The SMILES string of the molecule is CNc1nc(Nc2ccc(C(F)(F)F)cc2)cc(-c2cccc(OC(F)(F)F)c2)n1. The van der Waals surface area contributed by atoms with Gasteiger partial charge in [-0.05, 0) is 36.4 Å². The summed E-state index contributed by atoms with van der Waals surface area (Å²) in [4.78, 5) is 8.36. The molecule has 0 aliphatic heterocycles. The Kier molecular flexibility index (Phi) is 5.72. The van der Waals surface area contributed by atoms with Crippen molar-refractivity contribution < 1.29 is 31.1 Å². The Hall–Kier alpha value is -3.50. The van der Waals surface area contributed by atoms with Crippen molar-refractivity contribution in [1.82, 2.24) is 9.97 Å². The van der Waals surface area contributed by atoms with E-state index in [2.05, 4.69) is 25.3 Å². The van der Waals surface area contributed by atoms with Crippen molar-refractivity contribution >= 4 is 17.5 Å². The molecule has 0 saturated carbocycles. The van der Waals surface area contributed by atoms with E-state index >= 15 is 0 Å².